The van der Waals surface area contributed by atoms with Crippen molar-refractivity contribution in [3.63, 3.8) is 0 Å². The zero-order valence-corrected chi connectivity index (χ0v) is 12.2. The SMILES string of the molecule is CCCCC#Cc1cc(C(=O)O)cc2ccc(C(=O)O)cc12. The Morgan fingerprint density at radius 3 is 2.41 bits per heavy atom. The maximum absolute atomic E-state index is 11.2. The number of aromatic carboxylic acids is 2. The van der Waals surface area contributed by atoms with Crippen LogP contribution in [0.15, 0.2) is 30.3 Å². The molecule has 2 aromatic carbocycles. The Balaban J connectivity index is 2.60. The molecular formula is C18H16O4. The van der Waals surface area contributed by atoms with Gasteiger partial charge in [0.1, 0.15) is 0 Å². The molecule has 2 rings (SSSR count). The topological polar surface area (TPSA) is 74.6 Å². The smallest absolute Gasteiger partial charge is 0.335 e. The fourth-order valence-electron chi connectivity index (χ4n) is 2.14. The standard InChI is InChI=1S/C18H16O4/c1-2-3-4-5-6-12-9-15(18(21)22)10-13-7-8-14(17(19)20)11-16(12)13/h7-11H,2-4H2,1H3,(H,19,20)(H,21,22). The van der Waals surface area contributed by atoms with E-state index in [0.29, 0.717) is 16.3 Å². The van der Waals surface area contributed by atoms with Gasteiger partial charge in [0, 0.05) is 12.0 Å². The molecular weight excluding hydrogens is 280 g/mol. The number of hydrogen-bond acceptors (Lipinski definition) is 2. The third-order valence-electron chi connectivity index (χ3n) is 3.33. The molecule has 0 heterocycles. The van der Waals surface area contributed by atoms with E-state index in [0.717, 1.165) is 19.3 Å². The number of hydrogen-bond donors (Lipinski definition) is 2. The van der Waals surface area contributed by atoms with Crippen molar-refractivity contribution < 1.29 is 19.8 Å². The van der Waals surface area contributed by atoms with E-state index >= 15 is 0 Å². The van der Waals surface area contributed by atoms with Gasteiger partial charge in [-0.25, -0.2) is 9.59 Å². The maximum Gasteiger partial charge on any atom is 0.335 e. The molecule has 4 heteroatoms. The van der Waals surface area contributed by atoms with Gasteiger partial charge in [-0.05, 0) is 41.5 Å². The van der Waals surface area contributed by atoms with Gasteiger partial charge in [0.25, 0.3) is 0 Å². The summed E-state index contributed by atoms with van der Waals surface area (Å²) in [6, 6.07) is 7.63. The Hall–Kier alpha value is -2.80. The molecule has 0 saturated carbocycles. The van der Waals surface area contributed by atoms with E-state index in [9.17, 15) is 14.7 Å². The molecule has 0 aliphatic carbocycles. The van der Waals surface area contributed by atoms with E-state index in [2.05, 4.69) is 18.8 Å². The quantitative estimate of drug-likeness (QED) is 0.665. The summed E-state index contributed by atoms with van der Waals surface area (Å²) in [5, 5.41) is 19.6. The van der Waals surface area contributed by atoms with E-state index in [1.54, 1.807) is 6.07 Å². The largest absolute Gasteiger partial charge is 0.478 e. The highest BCUT2D eigenvalue weighted by Gasteiger charge is 2.10. The Morgan fingerprint density at radius 2 is 1.77 bits per heavy atom. The molecule has 0 radical (unpaired) electrons. The lowest BCUT2D eigenvalue weighted by molar-refractivity contribution is 0.0686. The molecule has 0 aliphatic rings. The van der Waals surface area contributed by atoms with Gasteiger partial charge in [0.2, 0.25) is 0 Å². The molecule has 0 aromatic heterocycles. The number of carboxylic acids is 2. The summed E-state index contributed by atoms with van der Waals surface area (Å²) in [5.41, 5.74) is 0.858. The minimum absolute atomic E-state index is 0.148. The number of rotatable bonds is 4. The zero-order chi connectivity index (χ0) is 16.1. The van der Waals surface area contributed by atoms with Crippen LogP contribution in [0.25, 0.3) is 10.8 Å². The summed E-state index contributed by atoms with van der Waals surface area (Å²) < 4.78 is 0. The first-order valence-corrected chi connectivity index (χ1v) is 7.06. The highest BCUT2D eigenvalue weighted by Crippen LogP contribution is 2.23. The highest BCUT2D eigenvalue weighted by atomic mass is 16.4. The number of fused-ring (bicyclic) bond motifs is 1. The summed E-state index contributed by atoms with van der Waals surface area (Å²) in [7, 11) is 0. The molecule has 0 amide bonds. The van der Waals surface area contributed by atoms with E-state index in [1.165, 1.54) is 24.3 Å². The van der Waals surface area contributed by atoms with Crippen LogP contribution in [-0.4, -0.2) is 22.2 Å². The van der Waals surface area contributed by atoms with E-state index < -0.39 is 11.9 Å². The first kappa shape index (κ1) is 15.6. The fraction of sp³-hybridized carbons (Fsp3) is 0.222. The molecule has 22 heavy (non-hydrogen) atoms. The Bertz CT molecular complexity index is 794. The predicted octanol–water partition coefficient (Wildman–Crippen LogP) is 3.78. The lowest BCUT2D eigenvalue weighted by Crippen LogP contribution is -1.99. The second-order valence-electron chi connectivity index (χ2n) is 4.98. The summed E-state index contributed by atoms with van der Waals surface area (Å²) >= 11 is 0. The van der Waals surface area contributed by atoms with Gasteiger partial charge in [-0.15, -0.1) is 0 Å². The third kappa shape index (κ3) is 3.44. The van der Waals surface area contributed by atoms with Crippen molar-refractivity contribution in [2.24, 2.45) is 0 Å². The van der Waals surface area contributed by atoms with Crippen molar-refractivity contribution in [2.75, 3.05) is 0 Å². The molecule has 0 bridgehead atoms. The van der Waals surface area contributed by atoms with E-state index in [-0.39, 0.29) is 11.1 Å². The van der Waals surface area contributed by atoms with Crippen LogP contribution in [0.4, 0.5) is 0 Å². The second-order valence-corrected chi connectivity index (χ2v) is 4.98. The monoisotopic (exact) mass is 296 g/mol. The van der Waals surface area contributed by atoms with E-state index in [4.69, 9.17) is 5.11 Å². The van der Waals surface area contributed by atoms with Crippen LogP contribution in [0, 0.1) is 11.8 Å². The van der Waals surface area contributed by atoms with Crippen molar-refractivity contribution in [1.29, 1.82) is 0 Å². The molecule has 4 nitrogen and oxygen atoms in total. The van der Waals surface area contributed by atoms with Crippen LogP contribution in [-0.2, 0) is 0 Å². The average molecular weight is 296 g/mol. The van der Waals surface area contributed by atoms with Gasteiger partial charge in [-0.2, -0.15) is 0 Å². The van der Waals surface area contributed by atoms with Gasteiger partial charge in [0.05, 0.1) is 11.1 Å². The number of carbonyl (C=O) groups is 2. The van der Waals surface area contributed by atoms with Crippen molar-refractivity contribution in [3.05, 3.63) is 47.0 Å². The fourth-order valence-corrected chi connectivity index (χ4v) is 2.14. The molecule has 0 atom stereocenters. The van der Waals surface area contributed by atoms with Crippen LogP contribution in [0.5, 0.6) is 0 Å². The third-order valence-corrected chi connectivity index (χ3v) is 3.33. The second kappa shape index (κ2) is 6.77. The first-order valence-electron chi connectivity index (χ1n) is 7.06. The van der Waals surface area contributed by atoms with Crippen LogP contribution in [0.3, 0.4) is 0 Å². The number of carboxylic acid groups (broad SMARTS) is 2. The highest BCUT2D eigenvalue weighted by molar-refractivity contribution is 6.00. The molecule has 0 aliphatic heterocycles. The number of unbranched alkanes of at least 4 members (excludes halogenated alkanes) is 2. The predicted molar refractivity (Wildman–Crippen MR) is 84.3 cm³/mol. The molecule has 2 N–H and O–H groups in total. The Labute approximate surface area is 128 Å². The van der Waals surface area contributed by atoms with Crippen molar-refractivity contribution >= 4 is 22.7 Å². The summed E-state index contributed by atoms with van der Waals surface area (Å²) in [4.78, 5) is 22.3. The van der Waals surface area contributed by atoms with Crippen molar-refractivity contribution in [1.82, 2.24) is 0 Å². The maximum atomic E-state index is 11.2. The van der Waals surface area contributed by atoms with Crippen molar-refractivity contribution in [2.45, 2.75) is 26.2 Å². The molecule has 112 valence electrons. The van der Waals surface area contributed by atoms with Crippen LogP contribution < -0.4 is 0 Å². The normalized spacial score (nSPS) is 10.0. The van der Waals surface area contributed by atoms with Crippen LogP contribution in [0.2, 0.25) is 0 Å². The Morgan fingerprint density at radius 1 is 1.05 bits per heavy atom. The van der Waals surface area contributed by atoms with Gasteiger partial charge in [-0.3, -0.25) is 0 Å². The van der Waals surface area contributed by atoms with Gasteiger partial charge in [0.15, 0.2) is 0 Å². The summed E-state index contributed by atoms with van der Waals surface area (Å²) in [5.74, 6) is 3.95. The summed E-state index contributed by atoms with van der Waals surface area (Å²) in [6.07, 6.45) is 2.74. The minimum atomic E-state index is -1.03. The summed E-state index contributed by atoms with van der Waals surface area (Å²) in [6.45, 7) is 2.07. The molecule has 0 fully saturated rings. The Kier molecular flexibility index (Phi) is 4.80. The minimum Gasteiger partial charge on any atom is -0.478 e. The molecule has 0 unspecified atom stereocenters. The van der Waals surface area contributed by atoms with Gasteiger partial charge >= 0.3 is 11.9 Å². The lowest BCUT2D eigenvalue weighted by atomic mass is 9.98. The lowest BCUT2D eigenvalue weighted by Gasteiger charge is -2.05. The van der Waals surface area contributed by atoms with Crippen molar-refractivity contribution in [3.8, 4) is 11.8 Å². The molecule has 0 spiro atoms. The number of benzene rings is 2. The zero-order valence-electron chi connectivity index (χ0n) is 12.2. The molecule has 2 aromatic rings. The van der Waals surface area contributed by atoms with Gasteiger partial charge < -0.3 is 10.2 Å². The van der Waals surface area contributed by atoms with Crippen LogP contribution >= 0.6 is 0 Å². The molecule has 0 saturated heterocycles. The first-order chi connectivity index (χ1) is 10.5. The van der Waals surface area contributed by atoms with Gasteiger partial charge in [-0.1, -0.05) is 31.3 Å². The average Bonchev–Trinajstić information content (AvgIpc) is 2.50. The van der Waals surface area contributed by atoms with Crippen LogP contribution in [0.1, 0.15) is 52.5 Å². The van der Waals surface area contributed by atoms with E-state index in [1.807, 2.05) is 0 Å².